The van der Waals surface area contributed by atoms with Crippen molar-refractivity contribution in [2.45, 2.75) is 26.1 Å². The molecule has 0 saturated heterocycles. The standard InChI is InChI=1S/C20H19F2N3O3S/c1-2-16(27)10-5-14(21)18(15(22)6-10)17-8-13(19(23)28)20(29-17)25-11-3-4-24-12(7-11)9-26/h3-8,16,26-27H,2,9H2,1H3,(H2,23,28)(H,24,25). The highest BCUT2D eigenvalue weighted by atomic mass is 32.1. The van der Waals surface area contributed by atoms with Gasteiger partial charge in [-0.1, -0.05) is 6.92 Å². The number of pyridine rings is 1. The van der Waals surface area contributed by atoms with Gasteiger partial charge in [0.2, 0.25) is 0 Å². The molecule has 152 valence electrons. The minimum absolute atomic E-state index is 0.0730. The van der Waals surface area contributed by atoms with Crippen LogP contribution in [-0.2, 0) is 6.61 Å². The van der Waals surface area contributed by atoms with Gasteiger partial charge in [0.25, 0.3) is 5.91 Å². The number of carbonyl (C=O) groups is 1. The monoisotopic (exact) mass is 419 g/mol. The molecule has 1 amide bonds. The highest BCUT2D eigenvalue weighted by Gasteiger charge is 2.21. The fraction of sp³-hybridized carbons (Fsp3) is 0.200. The van der Waals surface area contributed by atoms with Gasteiger partial charge in [-0.25, -0.2) is 8.78 Å². The highest BCUT2D eigenvalue weighted by Crippen LogP contribution is 2.40. The molecule has 0 aliphatic rings. The van der Waals surface area contributed by atoms with Crippen molar-refractivity contribution in [3.8, 4) is 10.4 Å². The molecule has 0 bridgehead atoms. The summed E-state index contributed by atoms with van der Waals surface area (Å²) in [5.74, 6) is -2.45. The van der Waals surface area contributed by atoms with Gasteiger partial charge in [0.1, 0.15) is 16.6 Å². The van der Waals surface area contributed by atoms with Crippen molar-refractivity contribution in [3.63, 3.8) is 0 Å². The summed E-state index contributed by atoms with van der Waals surface area (Å²) in [6.07, 6.45) is 0.824. The summed E-state index contributed by atoms with van der Waals surface area (Å²) in [7, 11) is 0. The molecule has 0 fully saturated rings. The van der Waals surface area contributed by atoms with E-state index in [0.29, 0.717) is 22.8 Å². The smallest absolute Gasteiger partial charge is 0.251 e. The number of halogens is 2. The van der Waals surface area contributed by atoms with Gasteiger partial charge in [0, 0.05) is 16.8 Å². The van der Waals surface area contributed by atoms with Crippen LogP contribution in [0.3, 0.4) is 0 Å². The summed E-state index contributed by atoms with van der Waals surface area (Å²) in [6.45, 7) is 1.44. The lowest BCUT2D eigenvalue weighted by Crippen LogP contribution is -2.11. The number of aliphatic hydroxyl groups is 2. The minimum atomic E-state index is -0.970. The number of hydrogen-bond acceptors (Lipinski definition) is 6. The number of amides is 1. The third-order valence-corrected chi connectivity index (χ3v) is 5.38. The molecule has 9 heteroatoms. The number of nitrogens with two attached hydrogens (primary N) is 1. The number of nitrogens with one attached hydrogen (secondary N) is 1. The van der Waals surface area contributed by atoms with Gasteiger partial charge in [-0.05, 0) is 42.3 Å². The van der Waals surface area contributed by atoms with E-state index < -0.39 is 23.6 Å². The summed E-state index contributed by atoms with van der Waals surface area (Å²) in [4.78, 5) is 16.0. The van der Waals surface area contributed by atoms with E-state index in [-0.39, 0.29) is 28.2 Å². The van der Waals surface area contributed by atoms with Gasteiger partial charge in [0.15, 0.2) is 0 Å². The van der Waals surface area contributed by atoms with Crippen LogP contribution in [0.1, 0.15) is 41.1 Å². The molecular formula is C20H19F2N3O3S. The maximum atomic E-state index is 14.6. The molecule has 1 atom stereocenters. The first kappa shape index (κ1) is 20.8. The van der Waals surface area contributed by atoms with Crippen molar-refractivity contribution >= 4 is 27.9 Å². The maximum Gasteiger partial charge on any atom is 0.251 e. The average Bonchev–Trinajstić information content (AvgIpc) is 3.10. The van der Waals surface area contributed by atoms with Crippen LogP contribution in [-0.4, -0.2) is 21.1 Å². The summed E-state index contributed by atoms with van der Waals surface area (Å²) in [5, 5.41) is 22.3. The molecule has 6 nitrogen and oxygen atoms in total. The first-order chi connectivity index (χ1) is 13.8. The quantitative estimate of drug-likeness (QED) is 0.465. The first-order valence-electron chi connectivity index (χ1n) is 8.77. The van der Waals surface area contributed by atoms with Crippen LogP contribution in [0.15, 0.2) is 36.5 Å². The molecule has 0 spiro atoms. The zero-order chi connectivity index (χ0) is 21.1. The van der Waals surface area contributed by atoms with E-state index in [1.54, 1.807) is 19.1 Å². The zero-order valence-electron chi connectivity index (χ0n) is 15.4. The molecule has 3 rings (SSSR count). The van der Waals surface area contributed by atoms with Crippen LogP contribution < -0.4 is 11.1 Å². The number of rotatable bonds is 7. The largest absolute Gasteiger partial charge is 0.390 e. The van der Waals surface area contributed by atoms with Crippen molar-refractivity contribution in [1.82, 2.24) is 4.98 Å². The van der Waals surface area contributed by atoms with E-state index in [0.717, 1.165) is 23.5 Å². The molecule has 0 aliphatic carbocycles. The second-order valence-corrected chi connectivity index (χ2v) is 7.37. The van der Waals surface area contributed by atoms with Crippen LogP contribution >= 0.6 is 11.3 Å². The Bertz CT molecular complexity index is 1030. The number of thiophene rings is 1. The van der Waals surface area contributed by atoms with Crippen molar-refractivity contribution in [1.29, 1.82) is 0 Å². The Labute approximate surface area is 169 Å². The van der Waals surface area contributed by atoms with Gasteiger partial charge >= 0.3 is 0 Å². The van der Waals surface area contributed by atoms with Gasteiger partial charge in [-0.15, -0.1) is 11.3 Å². The van der Waals surface area contributed by atoms with Crippen LogP contribution in [0, 0.1) is 11.6 Å². The number of primary amides is 1. The van der Waals surface area contributed by atoms with E-state index in [2.05, 4.69) is 10.3 Å². The SMILES string of the molecule is CCC(O)c1cc(F)c(-c2cc(C(N)=O)c(Nc3ccnc(CO)c3)s2)c(F)c1. The fourth-order valence-corrected chi connectivity index (χ4v) is 3.95. The Morgan fingerprint density at radius 1 is 1.28 bits per heavy atom. The lowest BCUT2D eigenvalue weighted by atomic mass is 10.0. The van der Waals surface area contributed by atoms with Crippen LogP contribution in [0.25, 0.3) is 10.4 Å². The van der Waals surface area contributed by atoms with E-state index in [1.807, 2.05) is 0 Å². The number of benzene rings is 1. The summed E-state index contributed by atoms with van der Waals surface area (Å²) < 4.78 is 29.3. The third kappa shape index (κ3) is 4.42. The summed E-state index contributed by atoms with van der Waals surface area (Å²) >= 11 is 0.960. The molecule has 1 aromatic carbocycles. The molecule has 29 heavy (non-hydrogen) atoms. The van der Waals surface area contributed by atoms with Gasteiger partial charge in [-0.2, -0.15) is 0 Å². The third-order valence-electron chi connectivity index (χ3n) is 4.32. The predicted octanol–water partition coefficient (Wildman–Crippen LogP) is 3.87. The van der Waals surface area contributed by atoms with Crippen molar-refractivity contribution in [3.05, 3.63) is 65.0 Å². The lowest BCUT2D eigenvalue weighted by molar-refractivity contribution is 0.100. The van der Waals surface area contributed by atoms with Crippen molar-refractivity contribution < 1.29 is 23.8 Å². The molecule has 0 radical (unpaired) electrons. The molecule has 5 N–H and O–H groups in total. The van der Waals surface area contributed by atoms with Crippen molar-refractivity contribution in [2.75, 3.05) is 5.32 Å². The lowest BCUT2D eigenvalue weighted by Gasteiger charge is -2.11. The number of aromatic nitrogens is 1. The molecule has 2 aromatic heterocycles. The zero-order valence-corrected chi connectivity index (χ0v) is 16.3. The minimum Gasteiger partial charge on any atom is -0.390 e. The second-order valence-electron chi connectivity index (χ2n) is 6.32. The maximum absolute atomic E-state index is 14.6. The van der Waals surface area contributed by atoms with E-state index in [4.69, 9.17) is 5.73 Å². The number of aliphatic hydroxyl groups excluding tert-OH is 2. The predicted molar refractivity (Wildman–Crippen MR) is 107 cm³/mol. The van der Waals surface area contributed by atoms with Crippen molar-refractivity contribution in [2.24, 2.45) is 5.73 Å². The Morgan fingerprint density at radius 3 is 2.55 bits per heavy atom. The second kappa shape index (κ2) is 8.64. The van der Waals surface area contributed by atoms with Crippen LogP contribution in [0.5, 0.6) is 0 Å². The highest BCUT2D eigenvalue weighted by molar-refractivity contribution is 7.20. The Kier molecular flexibility index (Phi) is 6.21. The Hall–Kier alpha value is -2.88. The molecule has 0 saturated carbocycles. The molecule has 1 unspecified atom stereocenters. The number of anilines is 2. The topological polar surface area (TPSA) is 108 Å². The number of hydrogen-bond donors (Lipinski definition) is 4. The number of nitrogens with zero attached hydrogens (tertiary/aromatic N) is 1. The van der Waals surface area contributed by atoms with E-state index in [1.165, 1.54) is 12.3 Å². The van der Waals surface area contributed by atoms with Crippen LogP contribution in [0.2, 0.25) is 0 Å². The fourth-order valence-electron chi connectivity index (χ4n) is 2.82. The first-order valence-corrected chi connectivity index (χ1v) is 9.59. The Balaban J connectivity index is 2.04. The van der Waals surface area contributed by atoms with Gasteiger partial charge < -0.3 is 21.3 Å². The van der Waals surface area contributed by atoms with Gasteiger partial charge in [0.05, 0.1) is 29.5 Å². The normalized spacial score (nSPS) is 12.0. The Morgan fingerprint density at radius 2 is 1.97 bits per heavy atom. The van der Waals surface area contributed by atoms with E-state index in [9.17, 15) is 23.8 Å². The molecule has 0 aliphatic heterocycles. The summed E-state index contributed by atoms with van der Waals surface area (Å²) in [6, 6.07) is 6.68. The van der Waals surface area contributed by atoms with Crippen LogP contribution in [0.4, 0.5) is 19.5 Å². The molecular weight excluding hydrogens is 400 g/mol. The molecule has 2 heterocycles. The summed E-state index contributed by atoms with van der Waals surface area (Å²) in [5.41, 5.74) is 6.28. The van der Waals surface area contributed by atoms with Gasteiger partial charge in [-0.3, -0.25) is 9.78 Å². The average molecular weight is 419 g/mol. The number of carbonyl (C=O) groups excluding carboxylic acids is 1. The molecule has 3 aromatic rings. The van der Waals surface area contributed by atoms with E-state index >= 15 is 0 Å².